The lowest BCUT2D eigenvalue weighted by molar-refractivity contribution is 0.422. The summed E-state index contributed by atoms with van der Waals surface area (Å²) in [6.45, 7) is 0.229. The van der Waals surface area contributed by atoms with Crippen LogP contribution in [0.25, 0.3) is 10.8 Å². The number of hydrogen-bond acceptors (Lipinski definition) is 2. The second kappa shape index (κ2) is 5.43. The van der Waals surface area contributed by atoms with Crippen LogP contribution in [-0.4, -0.2) is 9.67 Å². The summed E-state index contributed by atoms with van der Waals surface area (Å²) in [6.07, 6.45) is 0. The molecule has 0 aliphatic rings. The Kier molecular flexibility index (Phi) is 3.62. The Labute approximate surface area is 131 Å². The third-order valence-corrected chi connectivity index (χ3v) is 4.07. The summed E-state index contributed by atoms with van der Waals surface area (Å²) in [5, 5.41) is 12.5. The van der Waals surface area contributed by atoms with Gasteiger partial charge in [-0.25, -0.2) is 0 Å². The molecule has 0 atom stereocenters. The third-order valence-electron chi connectivity index (χ3n) is 3.33. The number of benzene rings is 2. The number of fused-ring (bicyclic) bond motifs is 1. The van der Waals surface area contributed by atoms with Crippen LogP contribution in [0.1, 0.15) is 5.56 Å². The van der Waals surface area contributed by atoms with Gasteiger partial charge in [0.25, 0.3) is 5.56 Å². The van der Waals surface area contributed by atoms with Gasteiger partial charge in [0.15, 0.2) is 0 Å². The smallest absolute Gasteiger partial charge is 0.254 e. The maximum atomic E-state index is 12.2. The van der Waals surface area contributed by atoms with E-state index in [0.717, 1.165) is 5.56 Å². The van der Waals surface area contributed by atoms with Gasteiger partial charge in [0.05, 0.1) is 16.6 Å². The van der Waals surface area contributed by atoms with Crippen molar-refractivity contribution in [2.24, 2.45) is 0 Å². The molecule has 0 unspecified atom stereocenters. The molecule has 106 valence electrons. The van der Waals surface area contributed by atoms with Crippen LogP contribution in [0, 0.1) is 0 Å². The number of hydrogen-bond donors (Lipinski definition) is 1. The number of aromatic hydroxyl groups is 1. The molecular weight excluding hydrogens is 309 g/mol. The van der Waals surface area contributed by atoms with Crippen molar-refractivity contribution in [2.75, 3.05) is 0 Å². The highest BCUT2D eigenvalue weighted by molar-refractivity contribution is 6.42. The highest BCUT2D eigenvalue weighted by Crippen LogP contribution is 2.25. The molecule has 0 amide bonds. The molecule has 21 heavy (non-hydrogen) atoms. The Morgan fingerprint density at radius 2 is 1.76 bits per heavy atom. The van der Waals surface area contributed by atoms with E-state index in [1.54, 1.807) is 30.3 Å². The molecule has 0 aliphatic carbocycles. The summed E-state index contributed by atoms with van der Waals surface area (Å²) in [6, 6.07) is 13.8. The molecule has 0 saturated carbocycles. The van der Waals surface area contributed by atoms with Gasteiger partial charge < -0.3 is 5.11 Å². The Hall–Kier alpha value is -1.97. The number of nitrogens with zero attached hydrogens (tertiary/aromatic N) is 1. The van der Waals surface area contributed by atoms with Gasteiger partial charge in [-0.3, -0.25) is 9.36 Å². The van der Waals surface area contributed by atoms with Gasteiger partial charge in [0.1, 0.15) is 0 Å². The first-order valence-corrected chi connectivity index (χ1v) is 7.07. The van der Waals surface area contributed by atoms with Gasteiger partial charge >= 0.3 is 0 Å². The van der Waals surface area contributed by atoms with Crippen LogP contribution in [0.2, 0.25) is 10.0 Å². The molecule has 3 rings (SSSR count). The quantitative estimate of drug-likeness (QED) is 0.773. The van der Waals surface area contributed by atoms with Gasteiger partial charge in [0, 0.05) is 11.5 Å². The summed E-state index contributed by atoms with van der Waals surface area (Å²) in [4.78, 5) is 12.2. The first-order valence-electron chi connectivity index (χ1n) is 6.32. The lowest BCUT2D eigenvalue weighted by Gasteiger charge is -2.11. The van der Waals surface area contributed by atoms with Gasteiger partial charge in [-0.05, 0) is 29.1 Å². The predicted molar refractivity (Wildman–Crippen MR) is 85.4 cm³/mol. The molecule has 3 nitrogen and oxygen atoms in total. The van der Waals surface area contributed by atoms with E-state index in [2.05, 4.69) is 0 Å². The van der Waals surface area contributed by atoms with E-state index in [-0.39, 0.29) is 18.0 Å². The van der Waals surface area contributed by atoms with Crippen LogP contribution in [0.3, 0.4) is 0 Å². The third kappa shape index (κ3) is 2.62. The lowest BCUT2D eigenvalue weighted by Crippen LogP contribution is -2.19. The number of rotatable bonds is 2. The molecule has 1 N–H and O–H groups in total. The fourth-order valence-corrected chi connectivity index (χ4v) is 2.58. The van der Waals surface area contributed by atoms with Crippen molar-refractivity contribution < 1.29 is 5.11 Å². The topological polar surface area (TPSA) is 42.2 Å². The second-order valence-electron chi connectivity index (χ2n) is 4.73. The normalized spacial score (nSPS) is 11.0. The molecule has 0 spiro atoms. The van der Waals surface area contributed by atoms with Crippen molar-refractivity contribution in [3.05, 3.63) is 74.5 Å². The maximum absolute atomic E-state index is 12.2. The van der Waals surface area contributed by atoms with Crippen molar-refractivity contribution in [2.45, 2.75) is 6.54 Å². The van der Waals surface area contributed by atoms with Crippen molar-refractivity contribution in [1.29, 1.82) is 0 Å². The molecule has 2 aromatic carbocycles. The van der Waals surface area contributed by atoms with E-state index in [0.29, 0.717) is 20.8 Å². The van der Waals surface area contributed by atoms with E-state index >= 15 is 0 Å². The molecule has 1 heterocycles. The maximum Gasteiger partial charge on any atom is 0.254 e. The van der Waals surface area contributed by atoms with Crippen molar-refractivity contribution >= 4 is 34.0 Å². The van der Waals surface area contributed by atoms with Crippen molar-refractivity contribution in [3.8, 4) is 5.88 Å². The zero-order chi connectivity index (χ0) is 15.0. The molecule has 5 heteroatoms. The molecular formula is C16H11Cl2NO2. The van der Waals surface area contributed by atoms with Crippen LogP contribution < -0.4 is 5.56 Å². The fraction of sp³-hybridized carbons (Fsp3) is 0.0625. The zero-order valence-corrected chi connectivity index (χ0v) is 12.4. The number of aromatic nitrogens is 1. The van der Waals surface area contributed by atoms with Crippen LogP contribution in [0.5, 0.6) is 5.88 Å². The molecule has 0 saturated heterocycles. The van der Waals surface area contributed by atoms with E-state index in [1.165, 1.54) is 10.6 Å². The van der Waals surface area contributed by atoms with Gasteiger partial charge in [-0.15, -0.1) is 0 Å². The SMILES string of the molecule is O=c1cc2ccccc2c(O)n1Cc1ccc(Cl)c(Cl)c1. The van der Waals surface area contributed by atoms with Crippen LogP contribution in [0.4, 0.5) is 0 Å². The minimum atomic E-state index is -0.266. The highest BCUT2D eigenvalue weighted by Gasteiger charge is 2.09. The summed E-state index contributed by atoms with van der Waals surface area (Å²) >= 11 is 11.8. The van der Waals surface area contributed by atoms with E-state index in [1.807, 2.05) is 12.1 Å². The minimum Gasteiger partial charge on any atom is -0.494 e. The standard InChI is InChI=1S/C16H11Cl2NO2/c17-13-6-5-10(7-14(13)18)9-19-15(20)8-11-3-1-2-4-12(11)16(19)21/h1-8,21H,9H2. The van der Waals surface area contributed by atoms with Crippen molar-refractivity contribution in [3.63, 3.8) is 0 Å². The van der Waals surface area contributed by atoms with Crippen molar-refractivity contribution in [1.82, 2.24) is 4.57 Å². The summed E-state index contributed by atoms with van der Waals surface area (Å²) in [5.74, 6) is -0.0517. The van der Waals surface area contributed by atoms with Crippen LogP contribution in [-0.2, 0) is 6.54 Å². The summed E-state index contributed by atoms with van der Waals surface area (Å²) in [7, 11) is 0. The molecule has 0 aliphatic heterocycles. The Morgan fingerprint density at radius 3 is 2.52 bits per heavy atom. The Bertz CT molecular complexity index is 887. The lowest BCUT2D eigenvalue weighted by atomic mass is 10.1. The monoisotopic (exact) mass is 319 g/mol. The average molecular weight is 320 g/mol. The summed E-state index contributed by atoms with van der Waals surface area (Å²) < 4.78 is 1.31. The summed E-state index contributed by atoms with van der Waals surface area (Å²) in [5.41, 5.74) is 0.523. The van der Waals surface area contributed by atoms with Crippen LogP contribution in [0.15, 0.2) is 53.3 Å². The predicted octanol–water partition coefficient (Wildman–Crippen LogP) is 4.06. The number of pyridine rings is 1. The largest absolute Gasteiger partial charge is 0.494 e. The second-order valence-corrected chi connectivity index (χ2v) is 5.54. The molecule has 0 fully saturated rings. The first-order chi connectivity index (χ1) is 10.1. The van der Waals surface area contributed by atoms with E-state index in [9.17, 15) is 9.90 Å². The van der Waals surface area contributed by atoms with Gasteiger partial charge in [-0.2, -0.15) is 0 Å². The number of halogens is 2. The van der Waals surface area contributed by atoms with Gasteiger partial charge in [-0.1, -0.05) is 47.5 Å². The first kappa shape index (κ1) is 14.0. The van der Waals surface area contributed by atoms with E-state index < -0.39 is 0 Å². The Balaban J connectivity index is 2.12. The molecule has 3 aromatic rings. The van der Waals surface area contributed by atoms with Crippen LogP contribution >= 0.6 is 23.2 Å². The zero-order valence-electron chi connectivity index (χ0n) is 10.9. The average Bonchev–Trinajstić information content (AvgIpc) is 2.47. The molecule has 1 aromatic heterocycles. The minimum absolute atomic E-state index is 0.0517. The van der Waals surface area contributed by atoms with Gasteiger partial charge in [0.2, 0.25) is 5.88 Å². The fourth-order valence-electron chi connectivity index (χ4n) is 2.26. The van der Waals surface area contributed by atoms with E-state index in [4.69, 9.17) is 23.2 Å². The molecule has 0 radical (unpaired) electrons. The Morgan fingerprint density at radius 1 is 1.00 bits per heavy atom. The highest BCUT2D eigenvalue weighted by atomic mass is 35.5. The molecule has 0 bridgehead atoms.